The Morgan fingerprint density at radius 1 is 0.857 bits per heavy atom. The molecule has 4 atom stereocenters. The molecule has 3 fully saturated rings. The summed E-state index contributed by atoms with van der Waals surface area (Å²) in [4.78, 5) is 2.61. The summed E-state index contributed by atoms with van der Waals surface area (Å²) in [5.41, 5.74) is 1.07. The number of ether oxygens (including phenoxy) is 1. The molecule has 0 radical (unpaired) electrons. The average molecular weight is 392 g/mol. The maximum Gasteiger partial charge on any atom is 0.142 e. The Hall–Kier alpha value is -0.0800. The number of epoxide rings is 1. The van der Waals surface area contributed by atoms with Crippen LogP contribution in [0.4, 0.5) is 0 Å². The van der Waals surface area contributed by atoms with E-state index in [2.05, 4.69) is 53.4 Å². The number of hydrogen-bond acceptors (Lipinski definition) is 2. The van der Waals surface area contributed by atoms with E-state index in [9.17, 15) is 0 Å². The van der Waals surface area contributed by atoms with Crippen molar-refractivity contribution in [2.24, 2.45) is 34.5 Å². The smallest absolute Gasteiger partial charge is 0.142 e. The first kappa shape index (κ1) is 22.6. The van der Waals surface area contributed by atoms with Gasteiger partial charge in [-0.1, -0.05) is 67.2 Å². The molecule has 0 aromatic rings. The number of likely N-dealkylation sites (tertiary alicyclic amines) is 1. The summed E-state index contributed by atoms with van der Waals surface area (Å²) in [5, 5.41) is 0. The third-order valence-electron chi connectivity index (χ3n) is 9.52. The molecule has 2 heterocycles. The van der Waals surface area contributed by atoms with Gasteiger partial charge in [-0.15, -0.1) is 0 Å². The van der Waals surface area contributed by atoms with Crippen LogP contribution in [0.5, 0.6) is 0 Å². The maximum absolute atomic E-state index is 5.69. The van der Waals surface area contributed by atoms with E-state index >= 15 is 0 Å². The van der Waals surface area contributed by atoms with Crippen molar-refractivity contribution >= 4 is 0 Å². The lowest BCUT2D eigenvalue weighted by molar-refractivity contribution is -0.0147. The van der Waals surface area contributed by atoms with E-state index in [1.54, 1.807) is 0 Å². The van der Waals surface area contributed by atoms with Gasteiger partial charge in [0.15, 0.2) is 0 Å². The Balaban J connectivity index is 1.64. The minimum Gasteiger partial charge on any atom is -0.354 e. The lowest BCUT2D eigenvalue weighted by Gasteiger charge is -2.51. The lowest BCUT2D eigenvalue weighted by atomic mass is 9.54. The topological polar surface area (TPSA) is 15.8 Å². The van der Waals surface area contributed by atoms with Crippen molar-refractivity contribution in [1.29, 1.82) is 0 Å². The second-order valence-electron chi connectivity index (χ2n) is 12.1. The zero-order valence-corrected chi connectivity index (χ0v) is 20.2. The van der Waals surface area contributed by atoms with Crippen LogP contribution in [0.1, 0.15) is 106 Å². The average Bonchev–Trinajstić information content (AvgIpc) is 3.37. The van der Waals surface area contributed by atoms with Crippen molar-refractivity contribution in [3.8, 4) is 0 Å². The van der Waals surface area contributed by atoms with Crippen LogP contribution < -0.4 is 0 Å². The highest BCUT2D eigenvalue weighted by molar-refractivity contribution is 4.97. The molecule has 164 valence electrons. The van der Waals surface area contributed by atoms with E-state index in [0.717, 1.165) is 30.3 Å². The first-order chi connectivity index (χ1) is 13.1. The Labute approximate surface area is 176 Å². The fraction of sp³-hybridized carbons (Fsp3) is 1.00. The van der Waals surface area contributed by atoms with Crippen LogP contribution in [-0.4, -0.2) is 30.3 Å². The number of nitrogens with zero attached hydrogens (tertiary/aromatic N) is 1. The molecule has 4 unspecified atom stereocenters. The molecule has 2 aliphatic heterocycles. The molecule has 1 aliphatic carbocycles. The molecule has 2 nitrogen and oxygen atoms in total. The summed E-state index contributed by atoms with van der Waals surface area (Å²) in [7, 11) is 0. The summed E-state index contributed by atoms with van der Waals surface area (Å²) in [6, 6.07) is 0. The summed E-state index contributed by atoms with van der Waals surface area (Å²) >= 11 is 0. The van der Waals surface area contributed by atoms with Gasteiger partial charge < -0.3 is 4.74 Å². The summed E-state index contributed by atoms with van der Waals surface area (Å²) in [6.45, 7) is 20.8. The van der Waals surface area contributed by atoms with E-state index in [1.807, 2.05) is 0 Å². The SMILES string of the molecule is CC(C)CC1(C)CCCC(C2CCN(C3(C)CO3)CC2)CCCC1(C)C(C)C. The minimum absolute atomic E-state index is 0.0983. The van der Waals surface area contributed by atoms with Gasteiger partial charge >= 0.3 is 0 Å². The Bertz CT molecular complexity index is 503. The first-order valence-corrected chi connectivity index (χ1v) is 12.5. The molecule has 0 bridgehead atoms. The number of hydrogen-bond donors (Lipinski definition) is 0. The second-order valence-corrected chi connectivity index (χ2v) is 12.1. The lowest BCUT2D eigenvalue weighted by Crippen LogP contribution is -2.43. The first-order valence-electron chi connectivity index (χ1n) is 12.5. The highest BCUT2D eigenvalue weighted by Crippen LogP contribution is 2.56. The molecule has 0 amide bonds. The van der Waals surface area contributed by atoms with Gasteiger partial charge in [0, 0.05) is 13.1 Å². The Morgan fingerprint density at radius 2 is 1.39 bits per heavy atom. The van der Waals surface area contributed by atoms with Crippen molar-refractivity contribution in [3.05, 3.63) is 0 Å². The van der Waals surface area contributed by atoms with Gasteiger partial charge in [0.1, 0.15) is 5.72 Å². The molecule has 28 heavy (non-hydrogen) atoms. The summed E-state index contributed by atoms with van der Waals surface area (Å²) < 4.78 is 5.69. The van der Waals surface area contributed by atoms with Crippen molar-refractivity contribution in [3.63, 3.8) is 0 Å². The molecular weight excluding hydrogens is 342 g/mol. The molecule has 0 aromatic heterocycles. The predicted octanol–water partition coefficient (Wildman–Crippen LogP) is 7.13. The van der Waals surface area contributed by atoms with Gasteiger partial charge in [-0.2, -0.15) is 0 Å². The normalized spacial score (nSPS) is 41.7. The van der Waals surface area contributed by atoms with Gasteiger partial charge in [-0.05, 0) is 73.5 Å². The Morgan fingerprint density at radius 3 is 1.89 bits per heavy atom. The third-order valence-corrected chi connectivity index (χ3v) is 9.52. The van der Waals surface area contributed by atoms with Crippen molar-refractivity contribution in [1.82, 2.24) is 4.90 Å². The standard InChI is InChI=1S/C26H49NO/c1-20(2)18-24(5)14-8-10-22(11-9-15-25(24,6)21(3)4)23-12-16-27(17-13-23)26(7)19-28-26/h20-23H,8-19H2,1-7H3. The van der Waals surface area contributed by atoms with Crippen LogP contribution >= 0.6 is 0 Å². The molecule has 3 aliphatic rings. The van der Waals surface area contributed by atoms with E-state index < -0.39 is 0 Å². The van der Waals surface area contributed by atoms with Gasteiger partial charge in [0.2, 0.25) is 0 Å². The maximum atomic E-state index is 5.69. The van der Waals surface area contributed by atoms with E-state index in [0.29, 0.717) is 10.8 Å². The van der Waals surface area contributed by atoms with Crippen LogP contribution in [0.3, 0.4) is 0 Å². The number of rotatable bonds is 5. The van der Waals surface area contributed by atoms with Gasteiger partial charge in [-0.25, -0.2) is 0 Å². The molecular formula is C26H49NO. The second kappa shape index (κ2) is 8.58. The monoisotopic (exact) mass is 391 g/mol. The van der Waals surface area contributed by atoms with Crippen LogP contribution in [-0.2, 0) is 4.74 Å². The predicted molar refractivity (Wildman–Crippen MR) is 120 cm³/mol. The summed E-state index contributed by atoms with van der Waals surface area (Å²) in [6.07, 6.45) is 12.9. The van der Waals surface area contributed by atoms with E-state index in [-0.39, 0.29) is 5.72 Å². The Kier molecular flexibility index (Phi) is 6.92. The summed E-state index contributed by atoms with van der Waals surface area (Å²) in [5.74, 6) is 3.50. The largest absolute Gasteiger partial charge is 0.354 e. The van der Waals surface area contributed by atoms with Crippen molar-refractivity contribution in [2.75, 3.05) is 19.7 Å². The third kappa shape index (κ3) is 4.64. The van der Waals surface area contributed by atoms with Gasteiger partial charge in [0.25, 0.3) is 0 Å². The van der Waals surface area contributed by atoms with Crippen molar-refractivity contribution in [2.45, 2.75) is 112 Å². The molecule has 2 saturated heterocycles. The van der Waals surface area contributed by atoms with Crippen LogP contribution in [0.15, 0.2) is 0 Å². The zero-order valence-electron chi connectivity index (χ0n) is 20.2. The zero-order chi connectivity index (χ0) is 20.6. The quantitative estimate of drug-likeness (QED) is 0.463. The molecule has 0 aromatic carbocycles. The van der Waals surface area contributed by atoms with Crippen molar-refractivity contribution < 1.29 is 4.74 Å². The molecule has 0 N–H and O–H groups in total. The van der Waals surface area contributed by atoms with Crippen LogP contribution in [0, 0.1) is 34.5 Å². The highest BCUT2D eigenvalue weighted by atomic mass is 16.6. The molecule has 2 heteroatoms. The van der Waals surface area contributed by atoms with E-state index in [1.165, 1.54) is 70.9 Å². The molecule has 1 saturated carbocycles. The fourth-order valence-corrected chi connectivity index (χ4v) is 7.04. The minimum atomic E-state index is 0.0983. The van der Waals surface area contributed by atoms with Crippen LogP contribution in [0.2, 0.25) is 0 Å². The number of piperidine rings is 1. The van der Waals surface area contributed by atoms with Crippen LogP contribution in [0.25, 0.3) is 0 Å². The van der Waals surface area contributed by atoms with Gasteiger partial charge in [0.05, 0.1) is 6.61 Å². The fourth-order valence-electron chi connectivity index (χ4n) is 7.04. The highest BCUT2D eigenvalue weighted by Gasteiger charge is 2.48. The van der Waals surface area contributed by atoms with Gasteiger partial charge in [-0.3, -0.25) is 4.90 Å². The van der Waals surface area contributed by atoms with E-state index in [4.69, 9.17) is 4.74 Å². The molecule has 0 spiro atoms. The molecule has 3 rings (SSSR count).